The predicted molar refractivity (Wildman–Crippen MR) is 102 cm³/mol. The van der Waals surface area contributed by atoms with Crippen LogP contribution in [0.15, 0.2) is 42.2 Å². The molecule has 1 aliphatic heterocycles. The molecule has 0 aliphatic carbocycles. The van der Waals surface area contributed by atoms with Crippen molar-refractivity contribution in [2.24, 2.45) is 0 Å². The molecule has 0 bridgehead atoms. The molecule has 2 aromatic carbocycles. The van der Waals surface area contributed by atoms with Crippen LogP contribution in [0.2, 0.25) is 0 Å². The number of fused-ring (bicyclic) bond motifs is 1. The summed E-state index contributed by atoms with van der Waals surface area (Å²) in [6.45, 7) is 7.46. The van der Waals surface area contributed by atoms with Crippen LogP contribution in [0.5, 0.6) is 11.5 Å². The van der Waals surface area contributed by atoms with Gasteiger partial charge in [-0.3, -0.25) is 4.79 Å². The Morgan fingerprint density at radius 2 is 2.00 bits per heavy atom. The van der Waals surface area contributed by atoms with Crippen LogP contribution in [0.3, 0.4) is 0 Å². The highest BCUT2D eigenvalue weighted by Crippen LogP contribution is 2.37. The van der Waals surface area contributed by atoms with Gasteiger partial charge in [0.1, 0.15) is 11.5 Å². The third-order valence-electron chi connectivity index (χ3n) is 4.21. The third kappa shape index (κ3) is 4.03. The minimum atomic E-state index is -0.748. The summed E-state index contributed by atoms with van der Waals surface area (Å²) in [4.78, 5) is 24.5. The molecule has 1 atom stereocenters. The van der Waals surface area contributed by atoms with Crippen LogP contribution in [-0.4, -0.2) is 24.5 Å². The molecule has 3 rings (SSSR count). The summed E-state index contributed by atoms with van der Waals surface area (Å²) < 4.78 is 16.4. The van der Waals surface area contributed by atoms with Crippen molar-refractivity contribution in [1.82, 2.24) is 0 Å². The fourth-order valence-electron chi connectivity index (χ4n) is 2.97. The first kappa shape index (κ1) is 18.7. The zero-order chi connectivity index (χ0) is 19.6. The zero-order valence-electron chi connectivity index (χ0n) is 15.9. The maximum atomic E-state index is 12.7. The lowest BCUT2D eigenvalue weighted by molar-refractivity contribution is -0.150. The number of aryl methyl sites for hydroxylation is 2. The highest BCUT2D eigenvalue weighted by molar-refractivity contribution is 6.15. The van der Waals surface area contributed by atoms with E-state index in [1.165, 1.54) is 0 Å². The van der Waals surface area contributed by atoms with E-state index in [0.717, 1.165) is 16.7 Å². The molecule has 0 saturated heterocycles. The second-order valence-electron chi connectivity index (χ2n) is 6.48. The highest BCUT2D eigenvalue weighted by atomic mass is 16.6. The summed E-state index contributed by atoms with van der Waals surface area (Å²) in [5, 5.41) is 0. The van der Waals surface area contributed by atoms with Gasteiger partial charge in [-0.1, -0.05) is 29.8 Å². The molecule has 0 N–H and O–H groups in total. The number of rotatable bonds is 5. The Kier molecular flexibility index (Phi) is 5.31. The summed E-state index contributed by atoms with van der Waals surface area (Å²) >= 11 is 0. The molecule has 0 amide bonds. The quantitative estimate of drug-likeness (QED) is 0.585. The Balaban J connectivity index is 1.86. The van der Waals surface area contributed by atoms with E-state index in [1.54, 1.807) is 32.1 Å². The summed E-state index contributed by atoms with van der Waals surface area (Å²) in [6.07, 6.45) is 0.984. The smallest absolute Gasteiger partial charge is 0.347 e. The maximum Gasteiger partial charge on any atom is 0.347 e. The Bertz CT molecular complexity index is 926. The van der Waals surface area contributed by atoms with E-state index in [2.05, 4.69) is 0 Å². The summed E-state index contributed by atoms with van der Waals surface area (Å²) in [5.74, 6) is 0.567. The van der Waals surface area contributed by atoms with Gasteiger partial charge in [0.2, 0.25) is 5.78 Å². The van der Waals surface area contributed by atoms with E-state index in [4.69, 9.17) is 14.2 Å². The molecule has 5 heteroatoms. The number of benzene rings is 2. The van der Waals surface area contributed by atoms with Gasteiger partial charge in [0, 0.05) is 6.07 Å². The SMILES string of the molecule is CCOC(=O)C(C)Oc1cc(C)c2c(c1)O/C(=C\c1cccc(C)c1)C2=O. The molecule has 0 saturated carbocycles. The number of hydrogen-bond donors (Lipinski definition) is 0. The molecule has 0 radical (unpaired) electrons. The van der Waals surface area contributed by atoms with Crippen LogP contribution in [0, 0.1) is 13.8 Å². The van der Waals surface area contributed by atoms with Crippen LogP contribution in [0.25, 0.3) is 6.08 Å². The number of carbonyl (C=O) groups is 2. The molecule has 0 spiro atoms. The Hall–Kier alpha value is -3.08. The number of esters is 1. The number of hydrogen-bond acceptors (Lipinski definition) is 5. The van der Waals surface area contributed by atoms with Crippen LogP contribution in [-0.2, 0) is 9.53 Å². The molecule has 0 aromatic heterocycles. The first-order valence-corrected chi connectivity index (χ1v) is 8.88. The Morgan fingerprint density at radius 3 is 2.70 bits per heavy atom. The molecular weight excluding hydrogens is 344 g/mol. The van der Waals surface area contributed by atoms with E-state index >= 15 is 0 Å². The molecule has 1 unspecified atom stereocenters. The fourth-order valence-corrected chi connectivity index (χ4v) is 2.97. The van der Waals surface area contributed by atoms with Crippen LogP contribution < -0.4 is 9.47 Å². The number of carbonyl (C=O) groups excluding carboxylic acids is 2. The first-order valence-electron chi connectivity index (χ1n) is 8.88. The summed E-state index contributed by atoms with van der Waals surface area (Å²) in [6, 6.07) is 11.2. The van der Waals surface area contributed by atoms with Crippen molar-refractivity contribution in [1.29, 1.82) is 0 Å². The van der Waals surface area contributed by atoms with Crippen molar-refractivity contribution in [3.63, 3.8) is 0 Å². The van der Waals surface area contributed by atoms with E-state index in [-0.39, 0.29) is 11.5 Å². The Morgan fingerprint density at radius 1 is 1.22 bits per heavy atom. The van der Waals surface area contributed by atoms with E-state index in [1.807, 2.05) is 38.1 Å². The van der Waals surface area contributed by atoms with Gasteiger partial charge in [-0.15, -0.1) is 0 Å². The molecule has 27 heavy (non-hydrogen) atoms. The largest absolute Gasteiger partial charge is 0.479 e. The molecular formula is C22H22O5. The lowest BCUT2D eigenvalue weighted by Gasteiger charge is -2.14. The molecule has 1 heterocycles. The van der Waals surface area contributed by atoms with Gasteiger partial charge in [0.15, 0.2) is 11.9 Å². The van der Waals surface area contributed by atoms with Crippen molar-refractivity contribution >= 4 is 17.8 Å². The van der Waals surface area contributed by atoms with Gasteiger partial charge in [-0.05, 0) is 51.0 Å². The van der Waals surface area contributed by atoms with E-state index in [0.29, 0.717) is 23.7 Å². The van der Waals surface area contributed by atoms with Gasteiger partial charge < -0.3 is 14.2 Å². The molecule has 5 nitrogen and oxygen atoms in total. The second-order valence-corrected chi connectivity index (χ2v) is 6.48. The third-order valence-corrected chi connectivity index (χ3v) is 4.21. The number of Topliss-reactive ketones (excluding diaryl/α,β-unsaturated/α-hetero) is 1. The van der Waals surface area contributed by atoms with Gasteiger partial charge in [0.05, 0.1) is 12.2 Å². The van der Waals surface area contributed by atoms with Gasteiger partial charge >= 0.3 is 5.97 Å². The van der Waals surface area contributed by atoms with Crippen LogP contribution in [0.4, 0.5) is 0 Å². The molecule has 0 fully saturated rings. The van der Waals surface area contributed by atoms with E-state index in [9.17, 15) is 9.59 Å². The molecule has 2 aromatic rings. The standard InChI is InChI=1S/C22H22O5/c1-5-25-22(24)15(4)26-17-10-14(3)20-18(12-17)27-19(21(20)23)11-16-8-6-7-13(2)9-16/h6-12,15H,5H2,1-4H3/b19-11-. The average Bonchev–Trinajstić information content (AvgIpc) is 2.91. The van der Waals surface area contributed by atoms with Crippen molar-refractivity contribution < 1.29 is 23.8 Å². The normalized spacial score (nSPS) is 15.3. The lowest BCUT2D eigenvalue weighted by atomic mass is 10.0. The highest BCUT2D eigenvalue weighted by Gasteiger charge is 2.30. The maximum absolute atomic E-state index is 12.7. The number of ketones is 1. The number of ether oxygens (including phenoxy) is 3. The Labute approximate surface area is 158 Å². The summed E-state index contributed by atoms with van der Waals surface area (Å²) in [7, 11) is 0. The number of allylic oxidation sites excluding steroid dienone is 1. The minimum Gasteiger partial charge on any atom is -0.479 e. The van der Waals surface area contributed by atoms with Crippen molar-refractivity contribution in [2.75, 3.05) is 6.61 Å². The zero-order valence-corrected chi connectivity index (χ0v) is 15.9. The van der Waals surface area contributed by atoms with Crippen molar-refractivity contribution in [3.05, 3.63) is 64.4 Å². The van der Waals surface area contributed by atoms with Gasteiger partial charge in [-0.25, -0.2) is 4.79 Å². The van der Waals surface area contributed by atoms with Crippen molar-refractivity contribution in [2.45, 2.75) is 33.8 Å². The van der Waals surface area contributed by atoms with Crippen molar-refractivity contribution in [3.8, 4) is 11.5 Å². The van der Waals surface area contributed by atoms with Gasteiger partial charge in [-0.2, -0.15) is 0 Å². The molecule has 140 valence electrons. The first-order chi connectivity index (χ1) is 12.9. The van der Waals surface area contributed by atoms with Gasteiger partial charge in [0.25, 0.3) is 0 Å². The average molecular weight is 366 g/mol. The predicted octanol–water partition coefficient (Wildman–Crippen LogP) is 4.25. The second kappa shape index (κ2) is 7.66. The van der Waals surface area contributed by atoms with Crippen LogP contribution >= 0.6 is 0 Å². The lowest BCUT2D eigenvalue weighted by Crippen LogP contribution is -2.26. The topological polar surface area (TPSA) is 61.8 Å². The minimum absolute atomic E-state index is 0.158. The summed E-state index contributed by atoms with van der Waals surface area (Å²) in [5.41, 5.74) is 3.25. The fraction of sp³-hybridized carbons (Fsp3) is 0.273. The monoisotopic (exact) mass is 366 g/mol. The van der Waals surface area contributed by atoms with Crippen LogP contribution in [0.1, 0.15) is 40.9 Å². The molecule has 1 aliphatic rings. The van der Waals surface area contributed by atoms with E-state index < -0.39 is 12.1 Å².